The molecule has 0 aromatic heterocycles. The number of halogens is 3. The van der Waals surface area contributed by atoms with Gasteiger partial charge < -0.3 is 10.4 Å². The van der Waals surface area contributed by atoms with Crippen molar-refractivity contribution < 1.29 is 18.3 Å². The Hall–Kier alpha value is -0.330. The smallest absolute Gasteiger partial charge is 0.396 e. The van der Waals surface area contributed by atoms with Gasteiger partial charge in [-0.25, -0.2) is 0 Å². The first-order chi connectivity index (χ1) is 8.81. The summed E-state index contributed by atoms with van der Waals surface area (Å²) in [6.07, 6.45) is -1.92. The van der Waals surface area contributed by atoms with E-state index >= 15 is 0 Å². The fourth-order valence-electron chi connectivity index (χ4n) is 2.56. The molecule has 1 rings (SSSR count). The van der Waals surface area contributed by atoms with Gasteiger partial charge in [0.25, 0.3) is 0 Å². The van der Waals surface area contributed by atoms with Crippen molar-refractivity contribution in [2.24, 2.45) is 5.92 Å². The molecule has 3 nitrogen and oxygen atoms in total. The van der Waals surface area contributed by atoms with Crippen molar-refractivity contribution in [1.82, 2.24) is 10.2 Å². The van der Waals surface area contributed by atoms with E-state index in [1.165, 1.54) is 4.90 Å². The largest absolute Gasteiger partial charge is 0.401 e. The standard InChI is InChI=1S/C13H25F3N2O/c1-10(2)12(5-8-19)17-11-3-6-18(7-4-11)9-13(14,15)16/h10-12,17,19H,3-9H2,1-2H3. The molecule has 1 fully saturated rings. The third-order valence-electron chi connectivity index (χ3n) is 3.69. The van der Waals surface area contributed by atoms with Gasteiger partial charge >= 0.3 is 6.18 Å². The van der Waals surface area contributed by atoms with Gasteiger partial charge in [0.2, 0.25) is 0 Å². The molecule has 0 bridgehead atoms. The van der Waals surface area contributed by atoms with Crippen LogP contribution >= 0.6 is 0 Å². The van der Waals surface area contributed by atoms with Crippen molar-refractivity contribution in [3.05, 3.63) is 0 Å². The summed E-state index contributed by atoms with van der Waals surface area (Å²) in [5, 5.41) is 12.5. The van der Waals surface area contributed by atoms with Crippen LogP contribution in [0.25, 0.3) is 0 Å². The highest BCUT2D eigenvalue weighted by Gasteiger charge is 2.32. The van der Waals surface area contributed by atoms with Crippen molar-refractivity contribution in [3.8, 4) is 0 Å². The van der Waals surface area contributed by atoms with Gasteiger partial charge in [0.05, 0.1) is 6.54 Å². The SMILES string of the molecule is CC(C)C(CCO)NC1CCN(CC(F)(F)F)CC1. The highest BCUT2D eigenvalue weighted by atomic mass is 19.4. The molecule has 1 heterocycles. The molecular weight excluding hydrogens is 257 g/mol. The number of alkyl halides is 3. The van der Waals surface area contributed by atoms with Crippen LogP contribution < -0.4 is 5.32 Å². The summed E-state index contributed by atoms with van der Waals surface area (Å²) in [5.41, 5.74) is 0. The number of piperidine rings is 1. The molecule has 0 radical (unpaired) electrons. The van der Waals surface area contributed by atoms with E-state index in [-0.39, 0.29) is 18.7 Å². The summed E-state index contributed by atoms with van der Waals surface area (Å²) in [6.45, 7) is 4.49. The van der Waals surface area contributed by atoms with E-state index in [4.69, 9.17) is 5.11 Å². The first kappa shape index (κ1) is 16.7. The number of rotatable bonds is 6. The number of likely N-dealkylation sites (tertiary alicyclic amines) is 1. The second-order valence-corrected chi connectivity index (χ2v) is 5.70. The molecule has 1 unspecified atom stereocenters. The number of nitrogens with zero attached hydrogens (tertiary/aromatic N) is 1. The minimum atomic E-state index is -4.10. The second-order valence-electron chi connectivity index (χ2n) is 5.70. The minimum absolute atomic E-state index is 0.142. The Kier molecular flexibility index (Phi) is 6.56. The summed E-state index contributed by atoms with van der Waals surface area (Å²) in [6, 6.07) is 0.507. The molecule has 1 saturated heterocycles. The molecule has 0 saturated carbocycles. The topological polar surface area (TPSA) is 35.5 Å². The van der Waals surface area contributed by atoms with E-state index in [9.17, 15) is 13.2 Å². The molecule has 2 N–H and O–H groups in total. The zero-order valence-corrected chi connectivity index (χ0v) is 11.7. The van der Waals surface area contributed by atoms with Crippen LogP contribution in [-0.2, 0) is 0 Å². The Balaban J connectivity index is 2.33. The van der Waals surface area contributed by atoms with Crippen LogP contribution in [0, 0.1) is 5.92 Å². The maximum atomic E-state index is 12.3. The summed E-state index contributed by atoms with van der Waals surface area (Å²) < 4.78 is 36.8. The fraction of sp³-hybridized carbons (Fsp3) is 1.00. The molecule has 0 amide bonds. The first-order valence-electron chi connectivity index (χ1n) is 6.98. The molecule has 1 aliphatic heterocycles. The molecule has 1 aliphatic rings. The number of nitrogens with one attached hydrogen (secondary N) is 1. The number of aliphatic hydroxyl groups is 1. The lowest BCUT2D eigenvalue weighted by atomic mass is 9.97. The van der Waals surface area contributed by atoms with Gasteiger partial charge in [-0.2, -0.15) is 13.2 Å². The fourth-order valence-corrected chi connectivity index (χ4v) is 2.56. The lowest BCUT2D eigenvalue weighted by Gasteiger charge is -2.35. The lowest BCUT2D eigenvalue weighted by Crippen LogP contribution is -2.49. The van der Waals surface area contributed by atoms with E-state index in [0.717, 1.165) is 12.8 Å². The Morgan fingerprint density at radius 3 is 2.26 bits per heavy atom. The molecule has 0 aliphatic carbocycles. The molecule has 114 valence electrons. The van der Waals surface area contributed by atoms with Crippen LogP contribution in [0.1, 0.15) is 33.1 Å². The molecule has 0 aromatic carbocycles. The van der Waals surface area contributed by atoms with Gasteiger partial charge in [0, 0.05) is 18.7 Å². The summed E-state index contributed by atoms with van der Waals surface area (Å²) in [7, 11) is 0. The molecule has 6 heteroatoms. The highest BCUT2D eigenvalue weighted by molar-refractivity contribution is 4.82. The molecule has 0 aromatic rings. The predicted molar refractivity (Wildman–Crippen MR) is 69.0 cm³/mol. The number of hydrogen-bond acceptors (Lipinski definition) is 3. The lowest BCUT2D eigenvalue weighted by molar-refractivity contribution is -0.148. The predicted octanol–water partition coefficient (Wildman–Crippen LogP) is 2.01. The van der Waals surface area contributed by atoms with Crippen LogP contribution in [-0.4, -0.2) is 54.5 Å². The average molecular weight is 282 g/mol. The van der Waals surface area contributed by atoms with Gasteiger partial charge in [-0.3, -0.25) is 4.90 Å². The quantitative estimate of drug-likeness (QED) is 0.782. The Morgan fingerprint density at radius 1 is 1.26 bits per heavy atom. The van der Waals surface area contributed by atoms with E-state index in [0.29, 0.717) is 25.4 Å². The summed E-state index contributed by atoms with van der Waals surface area (Å²) in [4.78, 5) is 1.47. The van der Waals surface area contributed by atoms with Gasteiger partial charge in [-0.05, 0) is 38.3 Å². The van der Waals surface area contributed by atoms with Gasteiger partial charge in [-0.1, -0.05) is 13.8 Å². The van der Waals surface area contributed by atoms with E-state index in [1.807, 2.05) is 0 Å². The molecule has 1 atom stereocenters. The Bertz CT molecular complexity index is 251. The molecular formula is C13H25F3N2O. The van der Waals surface area contributed by atoms with Gasteiger partial charge in [0.15, 0.2) is 0 Å². The summed E-state index contributed by atoms with van der Waals surface area (Å²) >= 11 is 0. The van der Waals surface area contributed by atoms with E-state index in [1.54, 1.807) is 0 Å². The number of aliphatic hydroxyl groups excluding tert-OH is 1. The maximum Gasteiger partial charge on any atom is 0.401 e. The third-order valence-corrected chi connectivity index (χ3v) is 3.69. The zero-order valence-electron chi connectivity index (χ0n) is 11.7. The van der Waals surface area contributed by atoms with Crippen molar-refractivity contribution in [2.75, 3.05) is 26.2 Å². The van der Waals surface area contributed by atoms with Crippen molar-refractivity contribution in [3.63, 3.8) is 0 Å². The van der Waals surface area contributed by atoms with Crippen LogP contribution in [0.5, 0.6) is 0 Å². The molecule has 19 heavy (non-hydrogen) atoms. The first-order valence-corrected chi connectivity index (χ1v) is 6.98. The van der Waals surface area contributed by atoms with Crippen LogP contribution in [0.3, 0.4) is 0 Å². The second kappa shape index (κ2) is 7.45. The maximum absolute atomic E-state index is 12.3. The zero-order chi connectivity index (χ0) is 14.5. The van der Waals surface area contributed by atoms with Crippen molar-refractivity contribution in [2.45, 2.75) is 51.4 Å². The Morgan fingerprint density at radius 2 is 1.84 bits per heavy atom. The van der Waals surface area contributed by atoms with Crippen LogP contribution in [0.4, 0.5) is 13.2 Å². The average Bonchev–Trinajstić information content (AvgIpc) is 2.29. The highest BCUT2D eigenvalue weighted by Crippen LogP contribution is 2.20. The summed E-state index contributed by atoms with van der Waals surface area (Å²) in [5.74, 6) is 0.417. The van der Waals surface area contributed by atoms with Gasteiger partial charge in [-0.15, -0.1) is 0 Å². The van der Waals surface area contributed by atoms with Crippen molar-refractivity contribution >= 4 is 0 Å². The third kappa shape index (κ3) is 6.58. The van der Waals surface area contributed by atoms with Crippen LogP contribution in [0.15, 0.2) is 0 Å². The minimum Gasteiger partial charge on any atom is -0.396 e. The van der Waals surface area contributed by atoms with Crippen molar-refractivity contribution in [1.29, 1.82) is 0 Å². The van der Waals surface area contributed by atoms with Gasteiger partial charge in [0.1, 0.15) is 0 Å². The molecule has 0 spiro atoms. The monoisotopic (exact) mass is 282 g/mol. The normalized spacial score (nSPS) is 21.0. The Labute approximate surface area is 113 Å². The van der Waals surface area contributed by atoms with E-state index < -0.39 is 12.7 Å². The van der Waals surface area contributed by atoms with E-state index in [2.05, 4.69) is 19.2 Å². The van der Waals surface area contributed by atoms with Crippen LogP contribution in [0.2, 0.25) is 0 Å². The number of hydrogen-bond donors (Lipinski definition) is 2.